The second-order valence-corrected chi connectivity index (χ2v) is 5.94. The van der Waals surface area contributed by atoms with Crippen molar-refractivity contribution in [1.29, 1.82) is 0 Å². The zero-order valence-corrected chi connectivity index (χ0v) is 13.1. The first kappa shape index (κ1) is 14.5. The van der Waals surface area contributed by atoms with Gasteiger partial charge in [-0.15, -0.1) is 10.2 Å². The molecule has 0 saturated carbocycles. The van der Waals surface area contributed by atoms with Gasteiger partial charge in [0, 0.05) is 5.56 Å². The van der Waals surface area contributed by atoms with E-state index in [0.717, 1.165) is 21.3 Å². The highest BCUT2D eigenvalue weighted by Gasteiger charge is 2.14. The van der Waals surface area contributed by atoms with Gasteiger partial charge in [0.1, 0.15) is 21.5 Å². The van der Waals surface area contributed by atoms with Crippen molar-refractivity contribution in [2.45, 2.75) is 20.4 Å². The lowest BCUT2D eigenvalue weighted by molar-refractivity contribution is 0.0949. The molecule has 0 bridgehead atoms. The molecule has 0 unspecified atom stereocenters. The zero-order valence-electron chi connectivity index (χ0n) is 12.3. The minimum atomic E-state index is -0.161. The molecule has 0 radical (unpaired) electrons. The molecule has 0 aliphatic heterocycles. The summed E-state index contributed by atoms with van der Waals surface area (Å²) in [7, 11) is 0. The number of hydrogen-bond acceptors (Lipinski definition) is 5. The summed E-state index contributed by atoms with van der Waals surface area (Å²) in [5, 5.41) is 12.7. The Balaban J connectivity index is 1.66. The molecule has 1 amide bonds. The van der Waals surface area contributed by atoms with Crippen molar-refractivity contribution >= 4 is 17.2 Å². The fraction of sp³-hybridized carbons (Fsp3) is 0.188. The molecule has 6 heteroatoms. The first-order valence-electron chi connectivity index (χ1n) is 6.86. The molecule has 0 saturated heterocycles. The minimum Gasteiger partial charge on any atom is -0.466 e. The second-order valence-electron chi connectivity index (χ2n) is 4.88. The van der Waals surface area contributed by atoms with Crippen molar-refractivity contribution in [1.82, 2.24) is 15.5 Å². The lowest BCUT2D eigenvalue weighted by Gasteiger charge is -2.00. The van der Waals surface area contributed by atoms with Crippen molar-refractivity contribution in [3.63, 3.8) is 0 Å². The predicted octanol–water partition coefficient (Wildman–Crippen LogP) is 3.34. The number of aryl methyl sites for hydroxylation is 2. The van der Waals surface area contributed by atoms with E-state index in [1.54, 1.807) is 13.0 Å². The Morgan fingerprint density at radius 1 is 1.23 bits per heavy atom. The Hall–Kier alpha value is -2.47. The molecule has 5 nitrogen and oxygen atoms in total. The monoisotopic (exact) mass is 313 g/mol. The van der Waals surface area contributed by atoms with E-state index in [0.29, 0.717) is 17.9 Å². The maximum Gasteiger partial charge on any atom is 0.255 e. The third kappa shape index (κ3) is 3.07. The molecular formula is C16H15N3O2S. The van der Waals surface area contributed by atoms with E-state index in [2.05, 4.69) is 15.5 Å². The van der Waals surface area contributed by atoms with Crippen molar-refractivity contribution in [2.24, 2.45) is 0 Å². The SMILES string of the molecule is Cc1cc(C(=O)NCc2nnc(-c3ccccc3)s2)c(C)o1. The van der Waals surface area contributed by atoms with E-state index < -0.39 is 0 Å². The molecule has 0 aliphatic carbocycles. The van der Waals surface area contributed by atoms with Crippen LogP contribution in [-0.4, -0.2) is 16.1 Å². The molecule has 0 aliphatic rings. The maximum absolute atomic E-state index is 12.1. The van der Waals surface area contributed by atoms with Gasteiger partial charge >= 0.3 is 0 Å². The van der Waals surface area contributed by atoms with Gasteiger partial charge in [0.25, 0.3) is 5.91 Å². The first-order chi connectivity index (χ1) is 10.6. The highest BCUT2D eigenvalue weighted by atomic mass is 32.1. The number of rotatable bonds is 4. The van der Waals surface area contributed by atoms with Gasteiger partial charge < -0.3 is 9.73 Å². The van der Waals surface area contributed by atoms with Crippen molar-refractivity contribution in [3.05, 3.63) is 58.5 Å². The zero-order chi connectivity index (χ0) is 15.5. The number of furan rings is 1. The molecule has 112 valence electrons. The smallest absolute Gasteiger partial charge is 0.255 e. The average Bonchev–Trinajstić information content (AvgIpc) is 3.12. The number of benzene rings is 1. The summed E-state index contributed by atoms with van der Waals surface area (Å²) in [6.07, 6.45) is 0. The number of hydrogen-bond donors (Lipinski definition) is 1. The van der Waals surface area contributed by atoms with Crippen LogP contribution in [0.1, 0.15) is 26.9 Å². The standard InChI is InChI=1S/C16H15N3O2S/c1-10-8-13(11(2)21-10)15(20)17-9-14-18-19-16(22-14)12-6-4-3-5-7-12/h3-8H,9H2,1-2H3,(H,17,20). The summed E-state index contributed by atoms with van der Waals surface area (Å²) >= 11 is 1.47. The third-order valence-electron chi connectivity index (χ3n) is 3.17. The number of aromatic nitrogens is 2. The normalized spacial score (nSPS) is 10.6. The van der Waals surface area contributed by atoms with Crippen LogP contribution >= 0.6 is 11.3 Å². The van der Waals surface area contributed by atoms with Crippen LogP contribution in [0, 0.1) is 13.8 Å². The van der Waals surface area contributed by atoms with Gasteiger partial charge in [0.2, 0.25) is 0 Å². The van der Waals surface area contributed by atoms with Gasteiger partial charge in [-0.05, 0) is 19.9 Å². The molecule has 0 atom stereocenters. The fourth-order valence-electron chi connectivity index (χ4n) is 2.13. The van der Waals surface area contributed by atoms with Crippen LogP contribution < -0.4 is 5.32 Å². The molecule has 2 aromatic heterocycles. The van der Waals surface area contributed by atoms with Gasteiger partial charge in [-0.25, -0.2) is 0 Å². The third-order valence-corrected chi connectivity index (χ3v) is 4.15. The summed E-state index contributed by atoms with van der Waals surface area (Å²) in [6, 6.07) is 11.6. The fourth-order valence-corrected chi connectivity index (χ4v) is 2.91. The summed E-state index contributed by atoms with van der Waals surface area (Å²) in [5.41, 5.74) is 1.59. The summed E-state index contributed by atoms with van der Waals surface area (Å²) in [6.45, 7) is 3.95. The number of carbonyl (C=O) groups is 1. The molecule has 3 aromatic rings. The maximum atomic E-state index is 12.1. The molecule has 3 rings (SSSR count). The highest BCUT2D eigenvalue weighted by Crippen LogP contribution is 2.23. The number of nitrogens with one attached hydrogen (secondary N) is 1. The van der Waals surface area contributed by atoms with Crippen LogP contribution in [0.2, 0.25) is 0 Å². The predicted molar refractivity (Wildman–Crippen MR) is 84.7 cm³/mol. The van der Waals surface area contributed by atoms with Crippen molar-refractivity contribution in [3.8, 4) is 10.6 Å². The van der Waals surface area contributed by atoms with Crippen LogP contribution in [0.25, 0.3) is 10.6 Å². The van der Waals surface area contributed by atoms with E-state index in [9.17, 15) is 4.79 Å². The van der Waals surface area contributed by atoms with Gasteiger partial charge in [-0.2, -0.15) is 0 Å². The van der Waals surface area contributed by atoms with Crippen LogP contribution in [0.4, 0.5) is 0 Å². The highest BCUT2D eigenvalue weighted by molar-refractivity contribution is 7.14. The van der Waals surface area contributed by atoms with E-state index in [4.69, 9.17) is 4.42 Å². The summed E-state index contributed by atoms with van der Waals surface area (Å²) in [5.74, 6) is 1.19. The largest absolute Gasteiger partial charge is 0.466 e. The molecular weight excluding hydrogens is 298 g/mol. The lowest BCUT2D eigenvalue weighted by atomic mass is 10.2. The Labute approximate surface area is 132 Å². The molecule has 0 fully saturated rings. The lowest BCUT2D eigenvalue weighted by Crippen LogP contribution is -2.22. The summed E-state index contributed by atoms with van der Waals surface area (Å²) in [4.78, 5) is 12.1. The minimum absolute atomic E-state index is 0.161. The topological polar surface area (TPSA) is 68.0 Å². The molecule has 2 heterocycles. The van der Waals surface area contributed by atoms with E-state index >= 15 is 0 Å². The Morgan fingerprint density at radius 3 is 2.68 bits per heavy atom. The van der Waals surface area contributed by atoms with Gasteiger partial charge in [-0.3, -0.25) is 4.79 Å². The van der Waals surface area contributed by atoms with Crippen LogP contribution in [-0.2, 0) is 6.54 Å². The van der Waals surface area contributed by atoms with Gasteiger partial charge in [0.05, 0.1) is 12.1 Å². The quantitative estimate of drug-likeness (QED) is 0.802. The Kier molecular flexibility index (Phi) is 4.02. The number of nitrogens with zero attached hydrogens (tertiary/aromatic N) is 2. The molecule has 0 spiro atoms. The Morgan fingerprint density at radius 2 is 2.00 bits per heavy atom. The number of carbonyl (C=O) groups excluding carboxylic acids is 1. The van der Waals surface area contributed by atoms with Gasteiger partial charge in [-0.1, -0.05) is 41.7 Å². The first-order valence-corrected chi connectivity index (χ1v) is 7.68. The average molecular weight is 313 g/mol. The molecule has 1 N–H and O–H groups in total. The van der Waals surface area contributed by atoms with E-state index in [1.807, 2.05) is 37.3 Å². The summed E-state index contributed by atoms with van der Waals surface area (Å²) < 4.78 is 5.36. The van der Waals surface area contributed by atoms with Crippen molar-refractivity contribution in [2.75, 3.05) is 0 Å². The second kappa shape index (κ2) is 6.11. The van der Waals surface area contributed by atoms with Crippen molar-refractivity contribution < 1.29 is 9.21 Å². The molecule has 1 aromatic carbocycles. The Bertz CT molecular complexity index is 793. The van der Waals surface area contributed by atoms with E-state index in [-0.39, 0.29) is 5.91 Å². The van der Waals surface area contributed by atoms with Gasteiger partial charge in [0.15, 0.2) is 0 Å². The van der Waals surface area contributed by atoms with Crippen LogP contribution in [0.5, 0.6) is 0 Å². The van der Waals surface area contributed by atoms with Crippen LogP contribution in [0.15, 0.2) is 40.8 Å². The van der Waals surface area contributed by atoms with E-state index in [1.165, 1.54) is 11.3 Å². The van der Waals surface area contributed by atoms with Crippen LogP contribution in [0.3, 0.4) is 0 Å². The molecule has 22 heavy (non-hydrogen) atoms. The number of amides is 1.